The third-order valence-corrected chi connectivity index (χ3v) is 6.19. The van der Waals surface area contributed by atoms with Crippen LogP contribution in [0.1, 0.15) is 37.1 Å². The van der Waals surface area contributed by atoms with Crippen LogP contribution in [0, 0.1) is 12.8 Å². The fourth-order valence-electron chi connectivity index (χ4n) is 4.07. The third-order valence-electron chi connectivity index (χ3n) is 6.19. The van der Waals surface area contributed by atoms with Crippen molar-refractivity contribution in [2.75, 3.05) is 24.6 Å². The molecule has 1 unspecified atom stereocenters. The Morgan fingerprint density at radius 3 is 2.84 bits per heavy atom. The predicted octanol–water partition coefficient (Wildman–Crippen LogP) is 4.57. The van der Waals surface area contributed by atoms with Gasteiger partial charge in [0.25, 0.3) is 0 Å². The van der Waals surface area contributed by atoms with Crippen molar-refractivity contribution in [1.29, 1.82) is 0 Å². The summed E-state index contributed by atoms with van der Waals surface area (Å²) in [7, 11) is 0. The Labute approximate surface area is 182 Å². The monoisotopic (exact) mass is 417 g/mol. The van der Waals surface area contributed by atoms with E-state index in [1.165, 1.54) is 12.8 Å². The molecule has 1 aliphatic heterocycles. The normalized spacial score (nSPS) is 17.3. The number of amides is 2. The minimum absolute atomic E-state index is 0.0141. The van der Waals surface area contributed by atoms with Crippen LogP contribution in [0.2, 0.25) is 0 Å². The highest BCUT2D eigenvalue weighted by Crippen LogP contribution is 2.32. The molecule has 2 aliphatic rings. The van der Waals surface area contributed by atoms with Crippen molar-refractivity contribution in [2.24, 2.45) is 5.92 Å². The SMILES string of the molecule is Cc1nc(N2CCN(C(C)c3cccc(OCC4CC4)c3)C2=O)ccc1-c1cn[nH]c1. The Balaban J connectivity index is 1.30. The first kappa shape index (κ1) is 19.6. The van der Waals surface area contributed by atoms with Gasteiger partial charge in [0.05, 0.1) is 18.8 Å². The number of H-pyrrole nitrogens is 1. The molecule has 3 heterocycles. The number of ether oxygens (including phenoxy) is 1. The molecule has 1 aromatic carbocycles. The number of aromatic nitrogens is 3. The second-order valence-electron chi connectivity index (χ2n) is 8.42. The van der Waals surface area contributed by atoms with Crippen molar-refractivity contribution in [2.45, 2.75) is 32.7 Å². The summed E-state index contributed by atoms with van der Waals surface area (Å²) in [6.45, 7) is 6.10. The van der Waals surface area contributed by atoms with Crippen molar-refractivity contribution in [3.05, 3.63) is 60.0 Å². The highest BCUT2D eigenvalue weighted by Gasteiger charge is 2.34. The smallest absolute Gasteiger partial charge is 0.326 e. The minimum Gasteiger partial charge on any atom is -0.493 e. The summed E-state index contributed by atoms with van der Waals surface area (Å²) >= 11 is 0. The summed E-state index contributed by atoms with van der Waals surface area (Å²) in [5.41, 5.74) is 3.96. The van der Waals surface area contributed by atoms with E-state index >= 15 is 0 Å². The van der Waals surface area contributed by atoms with Crippen LogP contribution >= 0.6 is 0 Å². The molecule has 2 amide bonds. The number of aryl methyl sites for hydroxylation is 1. The highest BCUT2D eigenvalue weighted by atomic mass is 16.5. The van der Waals surface area contributed by atoms with Crippen LogP contribution in [0.4, 0.5) is 10.6 Å². The summed E-state index contributed by atoms with van der Waals surface area (Å²) in [6, 6.07) is 12.0. The first-order valence-corrected chi connectivity index (χ1v) is 10.9. The first-order valence-electron chi connectivity index (χ1n) is 10.9. The van der Waals surface area contributed by atoms with Crippen LogP contribution in [0.3, 0.4) is 0 Å². The molecular formula is C24H27N5O2. The van der Waals surface area contributed by atoms with Crippen LogP contribution in [-0.2, 0) is 0 Å². The molecule has 1 saturated heterocycles. The zero-order valence-corrected chi connectivity index (χ0v) is 17.9. The molecule has 2 fully saturated rings. The van der Waals surface area contributed by atoms with E-state index in [0.29, 0.717) is 24.8 Å². The van der Waals surface area contributed by atoms with Crippen LogP contribution < -0.4 is 9.64 Å². The minimum atomic E-state index is -0.0340. The lowest BCUT2D eigenvalue weighted by Gasteiger charge is -2.25. The van der Waals surface area contributed by atoms with Gasteiger partial charge >= 0.3 is 6.03 Å². The molecular weight excluding hydrogens is 390 g/mol. The molecule has 3 aromatic rings. The Morgan fingerprint density at radius 1 is 1.23 bits per heavy atom. The molecule has 5 rings (SSSR count). The number of carbonyl (C=O) groups is 1. The summed E-state index contributed by atoms with van der Waals surface area (Å²) in [4.78, 5) is 21.6. The standard InChI is InChI=1S/C24H27N5O2/c1-16-22(20-13-25-26-14-20)8-9-23(27-16)29-11-10-28(24(29)30)17(2)19-4-3-5-21(12-19)31-15-18-6-7-18/h3-5,8-9,12-14,17-18H,6-7,10-11,15H2,1-2H3,(H,25,26). The third kappa shape index (κ3) is 4.00. The molecule has 1 N–H and O–H groups in total. The van der Waals surface area contributed by atoms with Gasteiger partial charge in [-0.15, -0.1) is 0 Å². The van der Waals surface area contributed by atoms with Gasteiger partial charge in [-0.3, -0.25) is 10.00 Å². The van der Waals surface area contributed by atoms with Crippen molar-refractivity contribution in [1.82, 2.24) is 20.1 Å². The van der Waals surface area contributed by atoms with Gasteiger partial charge in [-0.2, -0.15) is 5.10 Å². The van der Waals surface area contributed by atoms with Crippen molar-refractivity contribution in [3.63, 3.8) is 0 Å². The van der Waals surface area contributed by atoms with E-state index in [1.807, 2.05) is 42.3 Å². The average Bonchev–Trinajstić information content (AvgIpc) is 3.29. The predicted molar refractivity (Wildman–Crippen MR) is 119 cm³/mol. The van der Waals surface area contributed by atoms with Gasteiger partial charge in [0.1, 0.15) is 11.6 Å². The fraction of sp³-hybridized carbons (Fsp3) is 0.375. The molecule has 160 valence electrons. The largest absolute Gasteiger partial charge is 0.493 e. The summed E-state index contributed by atoms with van der Waals surface area (Å²) in [6.07, 6.45) is 6.16. The zero-order chi connectivity index (χ0) is 21.4. The van der Waals surface area contributed by atoms with E-state index in [0.717, 1.165) is 34.7 Å². The number of hydrogen-bond donors (Lipinski definition) is 1. The molecule has 2 aromatic heterocycles. The van der Waals surface area contributed by atoms with Gasteiger partial charge in [-0.05, 0) is 62.4 Å². The maximum Gasteiger partial charge on any atom is 0.326 e. The summed E-state index contributed by atoms with van der Waals surface area (Å²) < 4.78 is 5.93. The number of benzene rings is 1. The van der Waals surface area contributed by atoms with Gasteiger partial charge in [0.15, 0.2) is 0 Å². The Bertz CT molecular complexity index is 1080. The Hall–Kier alpha value is -3.35. The van der Waals surface area contributed by atoms with E-state index < -0.39 is 0 Å². The molecule has 0 radical (unpaired) electrons. The zero-order valence-electron chi connectivity index (χ0n) is 17.9. The Kier molecular flexibility index (Phi) is 5.10. The van der Waals surface area contributed by atoms with Gasteiger partial charge in [-0.25, -0.2) is 9.78 Å². The lowest BCUT2D eigenvalue weighted by atomic mass is 10.1. The van der Waals surface area contributed by atoms with Gasteiger partial charge in [0.2, 0.25) is 0 Å². The second kappa shape index (κ2) is 8.06. The van der Waals surface area contributed by atoms with Gasteiger partial charge < -0.3 is 9.64 Å². The van der Waals surface area contributed by atoms with Gasteiger partial charge in [-0.1, -0.05) is 12.1 Å². The first-order chi connectivity index (χ1) is 15.1. The number of hydrogen-bond acceptors (Lipinski definition) is 4. The van der Waals surface area contributed by atoms with E-state index in [-0.39, 0.29) is 12.1 Å². The summed E-state index contributed by atoms with van der Waals surface area (Å²) in [5.74, 6) is 2.28. The number of urea groups is 1. The number of carbonyl (C=O) groups excluding carboxylic acids is 1. The van der Waals surface area contributed by atoms with Crippen molar-refractivity contribution < 1.29 is 9.53 Å². The molecule has 0 spiro atoms. The lowest BCUT2D eigenvalue weighted by molar-refractivity contribution is 0.205. The lowest BCUT2D eigenvalue weighted by Crippen LogP contribution is -2.34. The molecule has 1 atom stereocenters. The van der Waals surface area contributed by atoms with Crippen LogP contribution in [0.15, 0.2) is 48.8 Å². The molecule has 31 heavy (non-hydrogen) atoms. The summed E-state index contributed by atoms with van der Waals surface area (Å²) in [5, 5.41) is 6.83. The highest BCUT2D eigenvalue weighted by molar-refractivity contribution is 5.93. The quantitative estimate of drug-likeness (QED) is 0.611. The van der Waals surface area contributed by atoms with Crippen molar-refractivity contribution >= 4 is 11.8 Å². The van der Waals surface area contributed by atoms with Crippen LogP contribution in [-0.4, -0.2) is 45.8 Å². The average molecular weight is 418 g/mol. The number of nitrogens with one attached hydrogen (secondary N) is 1. The number of nitrogens with zero attached hydrogens (tertiary/aromatic N) is 4. The molecule has 1 saturated carbocycles. The maximum absolute atomic E-state index is 13.2. The molecule has 7 heteroatoms. The number of pyridine rings is 1. The number of rotatable bonds is 7. The van der Waals surface area contributed by atoms with Crippen LogP contribution in [0.25, 0.3) is 11.1 Å². The van der Waals surface area contributed by atoms with Crippen molar-refractivity contribution in [3.8, 4) is 16.9 Å². The van der Waals surface area contributed by atoms with E-state index in [4.69, 9.17) is 9.72 Å². The Morgan fingerprint density at radius 2 is 2.10 bits per heavy atom. The van der Waals surface area contributed by atoms with E-state index in [1.54, 1.807) is 11.1 Å². The van der Waals surface area contributed by atoms with E-state index in [2.05, 4.69) is 29.3 Å². The topological polar surface area (TPSA) is 74.3 Å². The van der Waals surface area contributed by atoms with Gasteiger partial charge in [0, 0.05) is 36.1 Å². The second-order valence-corrected chi connectivity index (χ2v) is 8.42. The molecule has 1 aliphatic carbocycles. The number of aromatic amines is 1. The maximum atomic E-state index is 13.2. The van der Waals surface area contributed by atoms with E-state index in [9.17, 15) is 4.79 Å². The molecule has 0 bridgehead atoms. The fourth-order valence-corrected chi connectivity index (χ4v) is 4.07. The molecule has 7 nitrogen and oxygen atoms in total. The van der Waals surface area contributed by atoms with Crippen LogP contribution in [0.5, 0.6) is 5.75 Å². The number of anilines is 1.